The molecule has 53 heavy (non-hydrogen) atoms. The fourth-order valence-electron chi connectivity index (χ4n) is 7.05. The quantitative estimate of drug-likeness (QED) is 0.118. The van der Waals surface area contributed by atoms with Gasteiger partial charge in [0, 0.05) is 34.6 Å². The van der Waals surface area contributed by atoms with Crippen LogP contribution in [0.25, 0.3) is 54.1 Å². The first-order valence-corrected chi connectivity index (χ1v) is 26.6. The fraction of sp³-hybridized carbons (Fsp3) is 0.298. The molecule has 1 radical (unpaired) electrons. The maximum absolute atomic E-state index is 9.19. The van der Waals surface area contributed by atoms with Gasteiger partial charge in [-0.15, -0.1) is 23.8 Å². The first-order chi connectivity index (χ1) is 26.1. The van der Waals surface area contributed by atoms with Crippen LogP contribution in [0.4, 0.5) is 0 Å². The van der Waals surface area contributed by atoms with E-state index in [-0.39, 0.29) is 20.1 Å². The van der Waals surface area contributed by atoms with Gasteiger partial charge in [0.15, 0.2) is 0 Å². The summed E-state index contributed by atoms with van der Waals surface area (Å²) >= 11 is -0.343. The first kappa shape index (κ1) is 35.2. The van der Waals surface area contributed by atoms with Gasteiger partial charge in [0.2, 0.25) is 0 Å². The number of hydrogen-bond acceptors (Lipinski definition) is 4. The monoisotopic (exact) mass is 957 g/mol. The van der Waals surface area contributed by atoms with E-state index in [1.807, 2.05) is 87.6 Å². The van der Waals surface area contributed by atoms with Gasteiger partial charge in [-0.25, -0.2) is 4.98 Å². The van der Waals surface area contributed by atoms with Gasteiger partial charge < -0.3 is 4.98 Å². The van der Waals surface area contributed by atoms with E-state index in [9.17, 15) is 1.37 Å². The van der Waals surface area contributed by atoms with Crippen LogP contribution in [0, 0.1) is 18.0 Å². The number of hydrogen-bond donors (Lipinski definition) is 0. The summed E-state index contributed by atoms with van der Waals surface area (Å²) in [5.74, 6) is 4.70. The van der Waals surface area contributed by atoms with E-state index in [0.29, 0.717) is 0 Å². The van der Waals surface area contributed by atoms with Gasteiger partial charge in [0.05, 0.1) is 5.69 Å². The normalized spacial score (nSPS) is 16.3. The number of pyridine rings is 3. The van der Waals surface area contributed by atoms with Crippen molar-refractivity contribution in [3.8, 4) is 33.8 Å². The Labute approximate surface area is 340 Å². The summed E-state index contributed by atoms with van der Waals surface area (Å²) in [6.45, 7) is 5.82. The van der Waals surface area contributed by atoms with E-state index in [2.05, 4.69) is 75.8 Å². The maximum atomic E-state index is 9.19. The van der Waals surface area contributed by atoms with E-state index in [0.717, 1.165) is 90.9 Å². The Bertz CT molecular complexity index is 2430. The van der Waals surface area contributed by atoms with E-state index in [1.165, 1.54) is 10.8 Å². The van der Waals surface area contributed by atoms with Crippen molar-refractivity contribution in [1.82, 2.24) is 15.0 Å². The average Bonchev–Trinajstić information content (AvgIpc) is 3.55. The second-order valence-electron chi connectivity index (χ2n) is 15.0. The van der Waals surface area contributed by atoms with Crippen molar-refractivity contribution in [3.63, 3.8) is 0 Å². The summed E-state index contributed by atoms with van der Waals surface area (Å²) in [7, 11) is 0. The summed E-state index contributed by atoms with van der Waals surface area (Å²) in [4.78, 5) is 15.2. The summed E-state index contributed by atoms with van der Waals surface area (Å²) in [6.07, 6.45) is 8.58. The number of aromatic nitrogens is 3. The van der Waals surface area contributed by atoms with E-state index < -0.39 is 30.9 Å². The predicted octanol–water partition coefficient (Wildman–Crippen LogP) is 12.9. The Morgan fingerprint density at radius 2 is 1.55 bits per heavy atom. The first-order valence-electron chi connectivity index (χ1n) is 19.9. The molecule has 7 aromatic rings. The van der Waals surface area contributed by atoms with Crippen molar-refractivity contribution in [2.75, 3.05) is 0 Å². The average molecular weight is 956 g/mol. The summed E-state index contributed by atoms with van der Waals surface area (Å²) in [6, 6.07) is 39.2. The molecule has 1 saturated carbocycles. The molecule has 1 aliphatic carbocycles. The molecule has 8 rings (SSSR count). The molecule has 0 amide bonds. The van der Waals surface area contributed by atoms with E-state index in [4.69, 9.17) is 7.73 Å². The van der Waals surface area contributed by atoms with Crippen LogP contribution in [-0.2, 0) is 20.1 Å². The molecular weight excluding hydrogens is 903 g/mol. The molecule has 3 aromatic carbocycles. The van der Waals surface area contributed by atoms with Crippen LogP contribution in [0.5, 0.6) is 0 Å². The smallest absolute Gasteiger partial charge is 0.114 e. The second kappa shape index (κ2) is 17.3. The zero-order chi connectivity index (χ0) is 39.0. The third-order valence-corrected chi connectivity index (χ3v) is 15.3. The molecule has 3 nitrogen and oxygen atoms in total. The van der Waals surface area contributed by atoms with Gasteiger partial charge in [-0.2, -0.15) is 11.3 Å². The summed E-state index contributed by atoms with van der Waals surface area (Å²) in [5.41, 5.74) is 7.68. The minimum Gasteiger partial charge on any atom is -0.305 e. The number of rotatable bonds is 7. The molecule has 1 atom stereocenters. The van der Waals surface area contributed by atoms with Gasteiger partial charge >= 0.3 is 120 Å². The van der Waals surface area contributed by atoms with Crippen molar-refractivity contribution in [1.29, 1.82) is 0 Å². The SMILES string of the molecule is [2H]C(C)(C)c1cc(-c2[c-]cccc2)nc[c]1[Ge]([CH3])([CH3])[CH3].[2H]C1(C([2H])(C)c2ccnc(-c3[c-]cc4sc5nc(-c6ccccc6)ccc5c4c3)c2)CCCCC1.[Ir]. The van der Waals surface area contributed by atoms with Gasteiger partial charge in [-0.05, 0) is 52.5 Å². The molecule has 0 bridgehead atoms. The molecule has 4 heterocycles. The molecular formula is C47H49GeIrN3S-2. The number of thiophene rings is 1. The zero-order valence-electron chi connectivity index (χ0n) is 34.5. The minimum atomic E-state index is -2.03. The van der Waals surface area contributed by atoms with Gasteiger partial charge in [0.25, 0.3) is 0 Å². The standard InChI is InChI=1S/C30H27N2S.C17H22GeN.Ir/c1-20(21-8-4-2-5-9-21)23-16-17-31-28(19-23)24-12-15-29-26(18-24)25-13-14-27(32-30(25)33-29)22-10-6-3-7-11-22;1-13(2)15-11-17(14-9-7-6-8-10-14)19-12-16(15)18(3,4)5;/h3,6-7,10-11,13-21H,2,4-5,8-9H2,1H3;6-9,11-13H,1-5H3;/q2*-1;/i20D,21D;13D;. The topological polar surface area (TPSA) is 38.7 Å². The summed E-state index contributed by atoms with van der Waals surface area (Å²) < 4.78 is 29.2. The van der Waals surface area contributed by atoms with Crippen LogP contribution in [-0.4, -0.2) is 28.2 Å². The third kappa shape index (κ3) is 9.08. The van der Waals surface area contributed by atoms with Crippen molar-refractivity contribution < 1.29 is 24.2 Å². The molecule has 1 aliphatic rings. The Morgan fingerprint density at radius 1 is 0.792 bits per heavy atom. The number of fused-ring (bicyclic) bond motifs is 3. The number of benzene rings is 3. The van der Waals surface area contributed by atoms with Gasteiger partial charge in [-0.1, -0.05) is 79.6 Å². The van der Waals surface area contributed by atoms with Crippen LogP contribution >= 0.6 is 11.3 Å². The Hall–Kier alpha value is -3.48. The van der Waals surface area contributed by atoms with E-state index in [1.54, 1.807) is 17.5 Å². The van der Waals surface area contributed by atoms with Crippen LogP contribution in [0.2, 0.25) is 17.3 Å². The van der Waals surface area contributed by atoms with Gasteiger partial charge in [-0.3, -0.25) is 0 Å². The minimum absolute atomic E-state index is 0. The van der Waals surface area contributed by atoms with Crippen molar-refractivity contribution in [2.24, 2.45) is 5.89 Å². The zero-order valence-corrected chi connectivity index (χ0v) is 36.8. The molecule has 6 heteroatoms. The largest absolute Gasteiger partial charge is 0.305 e. The molecule has 4 aromatic heterocycles. The number of nitrogens with zero attached hydrogens (tertiary/aromatic N) is 3. The van der Waals surface area contributed by atoms with Crippen LogP contribution < -0.4 is 4.40 Å². The van der Waals surface area contributed by atoms with Crippen molar-refractivity contribution in [3.05, 3.63) is 133 Å². The van der Waals surface area contributed by atoms with Crippen molar-refractivity contribution in [2.45, 2.75) is 81.9 Å². The summed E-state index contributed by atoms with van der Waals surface area (Å²) in [5, 5.41) is 2.28. The molecule has 273 valence electrons. The molecule has 1 fully saturated rings. The molecule has 0 saturated heterocycles. The van der Waals surface area contributed by atoms with Crippen LogP contribution in [0.1, 0.15) is 79.9 Å². The van der Waals surface area contributed by atoms with Crippen LogP contribution in [0.15, 0.2) is 109 Å². The maximum Gasteiger partial charge on any atom is 0.114 e. The molecule has 1 unspecified atom stereocenters. The Balaban J connectivity index is 0.000000217. The predicted molar refractivity (Wildman–Crippen MR) is 225 cm³/mol. The fourth-order valence-corrected chi connectivity index (χ4v) is 11.4. The van der Waals surface area contributed by atoms with Crippen LogP contribution in [0.3, 0.4) is 0 Å². The third-order valence-electron chi connectivity index (χ3n) is 10.0. The van der Waals surface area contributed by atoms with Crippen molar-refractivity contribution >= 4 is 49.3 Å². The van der Waals surface area contributed by atoms with E-state index >= 15 is 0 Å². The molecule has 0 aliphatic heterocycles. The molecule has 0 N–H and O–H groups in total. The Morgan fingerprint density at radius 3 is 2.26 bits per heavy atom. The molecule has 0 spiro atoms. The second-order valence-corrected chi connectivity index (χ2v) is 26.6. The Kier molecular flexibility index (Phi) is 11.5. The van der Waals surface area contributed by atoms with Gasteiger partial charge in [0.1, 0.15) is 4.83 Å².